The molecule has 1 saturated heterocycles. The molecule has 1 atom stereocenters. The van der Waals surface area contributed by atoms with Gasteiger partial charge in [0.05, 0.1) is 5.69 Å². The van der Waals surface area contributed by atoms with Gasteiger partial charge >= 0.3 is 0 Å². The quantitative estimate of drug-likeness (QED) is 0.552. The third-order valence-corrected chi connectivity index (χ3v) is 5.86. The minimum atomic E-state index is 0.464. The fourth-order valence-electron chi connectivity index (χ4n) is 4.03. The van der Waals surface area contributed by atoms with E-state index in [1.54, 1.807) is 0 Å². The van der Waals surface area contributed by atoms with Crippen molar-refractivity contribution in [1.29, 1.82) is 0 Å². The van der Waals surface area contributed by atoms with E-state index >= 15 is 0 Å². The van der Waals surface area contributed by atoms with E-state index in [1.165, 1.54) is 11.1 Å². The molecule has 1 unspecified atom stereocenters. The number of aryl methyl sites for hydroxylation is 2. The predicted molar refractivity (Wildman–Crippen MR) is 118 cm³/mol. The molecule has 6 heteroatoms. The molecule has 2 N–H and O–H groups in total. The van der Waals surface area contributed by atoms with E-state index in [-0.39, 0.29) is 0 Å². The van der Waals surface area contributed by atoms with Gasteiger partial charge in [0.1, 0.15) is 5.76 Å². The van der Waals surface area contributed by atoms with Crippen LogP contribution in [0.3, 0.4) is 0 Å². The SMILES string of the molecule is CCNC(=NCCc1c(C)noc1C)NC1CCN(C(C)c2ccccc2)CC1. The normalized spacial score (nSPS) is 17.3. The van der Waals surface area contributed by atoms with Crippen molar-refractivity contribution in [3.63, 3.8) is 0 Å². The molecule has 158 valence electrons. The summed E-state index contributed by atoms with van der Waals surface area (Å²) in [6.07, 6.45) is 3.11. The Balaban J connectivity index is 1.50. The number of guanidine groups is 1. The first kappa shape index (κ1) is 21.4. The lowest BCUT2D eigenvalue weighted by Gasteiger charge is -2.37. The number of likely N-dealkylation sites (tertiary alicyclic amines) is 1. The monoisotopic (exact) mass is 397 g/mol. The molecular weight excluding hydrogens is 362 g/mol. The van der Waals surface area contributed by atoms with E-state index in [4.69, 9.17) is 9.52 Å². The van der Waals surface area contributed by atoms with E-state index in [0.29, 0.717) is 12.1 Å². The molecule has 0 spiro atoms. The van der Waals surface area contributed by atoms with Gasteiger partial charge in [0.25, 0.3) is 0 Å². The average molecular weight is 398 g/mol. The molecule has 1 aliphatic rings. The van der Waals surface area contributed by atoms with Crippen molar-refractivity contribution in [2.75, 3.05) is 26.2 Å². The molecule has 0 saturated carbocycles. The maximum absolute atomic E-state index is 5.25. The van der Waals surface area contributed by atoms with Crippen LogP contribution in [0.4, 0.5) is 0 Å². The largest absolute Gasteiger partial charge is 0.361 e. The predicted octanol–water partition coefficient (Wildman–Crippen LogP) is 3.61. The molecule has 29 heavy (non-hydrogen) atoms. The van der Waals surface area contributed by atoms with Crippen LogP contribution in [0.15, 0.2) is 39.8 Å². The molecule has 0 aliphatic carbocycles. The van der Waals surface area contributed by atoms with Crippen molar-refractivity contribution in [2.24, 2.45) is 4.99 Å². The van der Waals surface area contributed by atoms with Crippen LogP contribution in [0.2, 0.25) is 0 Å². The minimum absolute atomic E-state index is 0.464. The maximum atomic E-state index is 5.25. The number of rotatable bonds is 7. The summed E-state index contributed by atoms with van der Waals surface area (Å²) in [6, 6.07) is 11.7. The lowest BCUT2D eigenvalue weighted by molar-refractivity contribution is 0.158. The van der Waals surface area contributed by atoms with Gasteiger partial charge in [-0.05, 0) is 52.5 Å². The van der Waals surface area contributed by atoms with Crippen LogP contribution >= 0.6 is 0 Å². The molecule has 1 aromatic carbocycles. The van der Waals surface area contributed by atoms with Crippen LogP contribution in [0.25, 0.3) is 0 Å². The number of hydrogen-bond acceptors (Lipinski definition) is 4. The van der Waals surface area contributed by atoms with Gasteiger partial charge in [-0.25, -0.2) is 0 Å². The molecular formula is C23H35N5O. The number of aromatic nitrogens is 1. The van der Waals surface area contributed by atoms with Crippen LogP contribution in [0, 0.1) is 13.8 Å². The summed E-state index contributed by atoms with van der Waals surface area (Å²) in [7, 11) is 0. The van der Waals surface area contributed by atoms with Crippen LogP contribution in [-0.2, 0) is 6.42 Å². The van der Waals surface area contributed by atoms with Crippen molar-refractivity contribution < 1.29 is 4.52 Å². The summed E-state index contributed by atoms with van der Waals surface area (Å²) < 4.78 is 5.25. The highest BCUT2D eigenvalue weighted by Gasteiger charge is 2.24. The maximum Gasteiger partial charge on any atom is 0.191 e. The van der Waals surface area contributed by atoms with E-state index in [9.17, 15) is 0 Å². The van der Waals surface area contributed by atoms with Crippen molar-refractivity contribution in [2.45, 2.75) is 59.0 Å². The molecule has 2 heterocycles. The van der Waals surface area contributed by atoms with Crippen LogP contribution in [0.5, 0.6) is 0 Å². The zero-order valence-electron chi connectivity index (χ0n) is 18.2. The molecule has 0 amide bonds. The average Bonchev–Trinajstić information content (AvgIpc) is 3.06. The summed E-state index contributed by atoms with van der Waals surface area (Å²) in [5.74, 6) is 1.81. The molecule has 2 aromatic rings. The number of nitrogens with one attached hydrogen (secondary N) is 2. The zero-order valence-corrected chi connectivity index (χ0v) is 18.2. The van der Waals surface area contributed by atoms with Gasteiger partial charge in [0, 0.05) is 43.8 Å². The number of piperidine rings is 1. The van der Waals surface area contributed by atoms with E-state index in [1.807, 2.05) is 13.8 Å². The van der Waals surface area contributed by atoms with Crippen molar-refractivity contribution in [3.8, 4) is 0 Å². The van der Waals surface area contributed by atoms with Crippen LogP contribution in [-0.4, -0.2) is 48.2 Å². The Morgan fingerprint density at radius 3 is 2.59 bits per heavy atom. The van der Waals surface area contributed by atoms with Gasteiger partial charge in [-0.3, -0.25) is 9.89 Å². The highest BCUT2D eigenvalue weighted by Crippen LogP contribution is 2.24. The second kappa shape index (κ2) is 10.4. The molecule has 1 aromatic heterocycles. The van der Waals surface area contributed by atoms with Crippen LogP contribution < -0.4 is 10.6 Å². The molecule has 0 radical (unpaired) electrons. The van der Waals surface area contributed by atoms with E-state index < -0.39 is 0 Å². The Morgan fingerprint density at radius 2 is 1.97 bits per heavy atom. The highest BCUT2D eigenvalue weighted by atomic mass is 16.5. The number of nitrogens with zero attached hydrogens (tertiary/aromatic N) is 3. The van der Waals surface area contributed by atoms with Crippen molar-refractivity contribution in [3.05, 3.63) is 52.9 Å². The summed E-state index contributed by atoms with van der Waals surface area (Å²) in [4.78, 5) is 7.36. The number of benzene rings is 1. The fourth-order valence-corrected chi connectivity index (χ4v) is 4.03. The van der Waals surface area contributed by atoms with E-state index in [0.717, 1.165) is 62.9 Å². The first-order chi connectivity index (χ1) is 14.1. The van der Waals surface area contributed by atoms with Crippen molar-refractivity contribution in [1.82, 2.24) is 20.7 Å². The molecule has 0 bridgehead atoms. The molecule has 1 fully saturated rings. The lowest BCUT2D eigenvalue weighted by Crippen LogP contribution is -2.49. The second-order valence-corrected chi connectivity index (χ2v) is 7.85. The molecule has 1 aliphatic heterocycles. The second-order valence-electron chi connectivity index (χ2n) is 7.85. The molecule has 6 nitrogen and oxygen atoms in total. The Labute approximate surface area is 174 Å². The highest BCUT2D eigenvalue weighted by molar-refractivity contribution is 5.80. The third-order valence-electron chi connectivity index (χ3n) is 5.86. The minimum Gasteiger partial charge on any atom is -0.361 e. The first-order valence-corrected chi connectivity index (χ1v) is 10.8. The standard InChI is InChI=1S/C23H35N5O/c1-5-24-23(25-14-11-22-17(2)27-29-19(22)4)26-21-12-15-28(16-13-21)18(3)20-9-7-6-8-10-20/h6-10,18,21H,5,11-16H2,1-4H3,(H2,24,25,26). The topological polar surface area (TPSA) is 65.7 Å². The van der Waals surface area contributed by atoms with Gasteiger partial charge in [-0.2, -0.15) is 0 Å². The van der Waals surface area contributed by atoms with Gasteiger partial charge in [-0.1, -0.05) is 35.5 Å². The van der Waals surface area contributed by atoms with E-state index in [2.05, 4.69) is 64.9 Å². The Morgan fingerprint density at radius 1 is 1.24 bits per heavy atom. The summed E-state index contributed by atoms with van der Waals surface area (Å²) >= 11 is 0. The van der Waals surface area contributed by atoms with Gasteiger partial charge in [0.15, 0.2) is 5.96 Å². The summed E-state index contributed by atoms with van der Waals surface area (Å²) in [5.41, 5.74) is 3.54. The first-order valence-electron chi connectivity index (χ1n) is 10.8. The smallest absolute Gasteiger partial charge is 0.191 e. The fraction of sp³-hybridized carbons (Fsp3) is 0.565. The number of hydrogen-bond donors (Lipinski definition) is 2. The zero-order chi connectivity index (χ0) is 20.6. The Hall–Kier alpha value is -2.34. The van der Waals surface area contributed by atoms with Gasteiger partial charge in [0.2, 0.25) is 0 Å². The summed E-state index contributed by atoms with van der Waals surface area (Å²) in [5, 5.41) is 11.1. The Bertz CT molecular complexity index is 758. The van der Waals surface area contributed by atoms with Gasteiger partial charge in [-0.15, -0.1) is 0 Å². The third kappa shape index (κ3) is 5.82. The van der Waals surface area contributed by atoms with Gasteiger partial charge < -0.3 is 15.2 Å². The lowest BCUT2D eigenvalue weighted by atomic mass is 10.0. The molecule has 3 rings (SSSR count). The Kier molecular flexibility index (Phi) is 7.69. The summed E-state index contributed by atoms with van der Waals surface area (Å²) in [6.45, 7) is 12.2. The van der Waals surface area contributed by atoms with Crippen LogP contribution in [0.1, 0.15) is 55.3 Å². The van der Waals surface area contributed by atoms with Crippen molar-refractivity contribution >= 4 is 5.96 Å². The number of aliphatic imine (C=N–C) groups is 1.